The molecule has 5 rings (SSSR count). The zero-order chi connectivity index (χ0) is 21.5. The molecule has 3 aromatic heterocycles. The van der Waals surface area contributed by atoms with E-state index in [1.807, 2.05) is 34.0 Å². The van der Waals surface area contributed by atoms with Crippen LogP contribution < -0.4 is 4.90 Å². The van der Waals surface area contributed by atoms with Crippen LogP contribution in [-0.4, -0.2) is 54.8 Å². The number of aryl methyl sites for hydroxylation is 3. The number of aromatic nitrogens is 5. The Hall–Kier alpha value is -2.90. The molecule has 31 heavy (non-hydrogen) atoms. The second-order valence-corrected chi connectivity index (χ2v) is 8.81. The smallest absolute Gasteiger partial charge is 0.274 e. The summed E-state index contributed by atoms with van der Waals surface area (Å²) in [4.78, 5) is 22.6. The van der Waals surface area contributed by atoms with Crippen molar-refractivity contribution in [3.05, 3.63) is 41.0 Å². The van der Waals surface area contributed by atoms with Gasteiger partial charge in [-0.2, -0.15) is 10.2 Å². The summed E-state index contributed by atoms with van der Waals surface area (Å²) in [6, 6.07) is 3.92. The van der Waals surface area contributed by atoms with E-state index < -0.39 is 0 Å². The molecule has 2 fully saturated rings. The number of likely N-dealkylation sites (tertiary alicyclic amines) is 1. The molecule has 2 aliphatic heterocycles. The van der Waals surface area contributed by atoms with Gasteiger partial charge in [-0.3, -0.25) is 9.48 Å². The first-order chi connectivity index (χ1) is 15.0. The Labute approximate surface area is 182 Å². The highest BCUT2D eigenvalue weighted by Crippen LogP contribution is 2.32. The minimum atomic E-state index is -0.0365. The molecule has 8 nitrogen and oxygen atoms in total. The number of rotatable bonds is 4. The van der Waals surface area contributed by atoms with E-state index in [2.05, 4.69) is 29.2 Å². The van der Waals surface area contributed by atoms with E-state index in [1.165, 1.54) is 12.8 Å². The third-order valence-electron chi connectivity index (χ3n) is 6.63. The summed E-state index contributed by atoms with van der Waals surface area (Å²) in [7, 11) is 0. The van der Waals surface area contributed by atoms with Gasteiger partial charge in [-0.1, -0.05) is 0 Å². The van der Waals surface area contributed by atoms with Crippen LogP contribution in [0.1, 0.15) is 72.5 Å². The van der Waals surface area contributed by atoms with Crippen molar-refractivity contribution < 1.29 is 4.79 Å². The van der Waals surface area contributed by atoms with E-state index in [4.69, 9.17) is 10.1 Å². The van der Waals surface area contributed by atoms with Gasteiger partial charge in [-0.05, 0) is 58.9 Å². The lowest BCUT2D eigenvalue weighted by Gasteiger charge is -2.34. The van der Waals surface area contributed by atoms with Gasteiger partial charge in [0.05, 0.1) is 11.7 Å². The Bertz CT molecular complexity index is 1110. The number of hydrogen-bond acceptors (Lipinski definition) is 5. The molecule has 0 N–H and O–H groups in total. The van der Waals surface area contributed by atoms with Crippen molar-refractivity contribution >= 4 is 17.4 Å². The number of hydrogen-bond donors (Lipinski definition) is 0. The Morgan fingerprint density at radius 1 is 1.06 bits per heavy atom. The monoisotopic (exact) mass is 421 g/mol. The lowest BCUT2D eigenvalue weighted by atomic mass is 9.99. The fourth-order valence-corrected chi connectivity index (χ4v) is 5.00. The van der Waals surface area contributed by atoms with Crippen LogP contribution in [0.3, 0.4) is 0 Å². The molecule has 0 radical (unpaired) electrons. The predicted octanol–water partition coefficient (Wildman–Crippen LogP) is 3.53. The van der Waals surface area contributed by atoms with Gasteiger partial charge in [0.15, 0.2) is 11.3 Å². The summed E-state index contributed by atoms with van der Waals surface area (Å²) >= 11 is 0. The summed E-state index contributed by atoms with van der Waals surface area (Å²) in [5.41, 5.74) is 4.46. The van der Waals surface area contributed by atoms with Crippen molar-refractivity contribution in [3.8, 4) is 0 Å². The van der Waals surface area contributed by atoms with Crippen LogP contribution in [0.5, 0.6) is 0 Å². The van der Waals surface area contributed by atoms with Gasteiger partial charge >= 0.3 is 0 Å². The molecule has 164 valence electrons. The van der Waals surface area contributed by atoms with E-state index in [-0.39, 0.29) is 11.9 Å². The SMILES string of the molecule is CCn1nc(C(=O)N2CCCCC2c2cc3nc(N4CCCC4)c(C)cn3n2)cc1C. The summed E-state index contributed by atoms with van der Waals surface area (Å²) in [6.45, 7) is 9.78. The summed E-state index contributed by atoms with van der Waals surface area (Å²) in [6.07, 6.45) is 7.55. The topological polar surface area (TPSA) is 71.6 Å². The van der Waals surface area contributed by atoms with Crippen LogP contribution in [0, 0.1) is 13.8 Å². The van der Waals surface area contributed by atoms with Gasteiger partial charge < -0.3 is 9.80 Å². The van der Waals surface area contributed by atoms with Crippen LogP contribution in [-0.2, 0) is 6.54 Å². The zero-order valence-electron chi connectivity index (χ0n) is 18.7. The van der Waals surface area contributed by atoms with Crippen molar-refractivity contribution in [3.63, 3.8) is 0 Å². The molecule has 0 bridgehead atoms. The molecule has 2 saturated heterocycles. The number of carbonyl (C=O) groups excluding carboxylic acids is 1. The third kappa shape index (κ3) is 3.58. The highest BCUT2D eigenvalue weighted by atomic mass is 16.2. The van der Waals surface area contributed by atoms with Crippen LogP contribution in [0.2, 0.25) is 0 Å². The first-order valence-electron chi connectivity index (χ1n) is 11.5. The maximum absolute atomic E-state index is 13.4. The minimum absolute atomic E-state index is 0.000971. The molecular weight excluding hydrogens is 390 g/mol. The predicted molar refractivity (Wildman–Crippen MR) is 119 cm³/mol. The van der Waals surface area contributed by atoms with E-state index in [9.17, 15) is 4.79 Å². The van der Waals surface area contributed by atoms with Crippen LogP contribution in [0.4, 0.5) is 5.82 Å². The second-order valence-electron chi connectivity index (χ2n) is 8.81. The highest BCUT2D eigenvalue weighted by Gasteiger charge is 2.32. The number of amides is 1. The third-order valence-corrected chi connectivity index (χ3v) is 6.63. The van der Waals surface area contributed by atoms with Crippen molar-refractivity contribution in [2.24, 2.45) is 0 Å². The Morgan fingerprint density at radius 2 is 1.84 bits per heavy atom. The Morgan fingerprint density at radius 3 is 2.58 bits per heavy atom. The molecule has 5 heterocycles. The molecule has 0 spiro atoms. The number of fused-ring (bicyclic) bond motifs is 1. The average Bonchev–Trinajstić information content (AvgIpc) is 3.52. The lowest BCUT2D eigenvalue weighted by Crippen LogP contribution is -2.39. The number of anilines is 1. The molecule has 3 aromatic rings. The Kier molecular flexibility index (Phi) is 5.16. The van der Waals surface area contributed by atoms with E-state index >= 15 is 0 Å². The highest BCUT2D eigenvalue weighted by molar-refractivity contribution is 5.92. The van der Waals surface area contributed by atoms with Crippen molar-refractivity contribution in [2.75, 3.05) is 24.5 Å². The normalized spacial score (nSPS) is 19.5. The number of nitrogens with zero attached hydrogens (tertiary/aromatic N) is 7. The standard InChI is InChI=1S/C23H31N7O/c1-4-29-17(3)13-19(26-29)23(31)28-12-6-5-9-20(28)18-14-21-24-22(27-10-7-8-11-27)16(2)15-30(21)25-18/h13-15,20H,4-12H2,1-3H3. The van der Waals surface area contributed by atoms with Gasteiger partial charge in [-0.25, -0.2) is 9.50 Å². The quantitative estimate of drug-likeness (QED) is 0.644. The zero-order valence-corrected chi connectivity index (χ0v) is 18.7. The van der Waals surface area contributed by atoms with E-state index in [1.54, 1.807) is 0 Å². The fourth-order valence-electron chi connectivity index (χ4n) is 5.00. The lowest BCUT2D eigenvalue weighted by molar-refractivity contribution is 0.0598. The molecule has 0 aliphatic carbocycles. The number of carbonyl (C=O) groups is 1. The van der Waals surface area contributed by atoms with E-state index in [0.29, 0.717) is 5.69 Å². The molecule has 0 aromatic carbocycles. The molecule has 8 heteroatoms. The van der Waals surface area contributed by atoms with Gasteiger partial charge in [0.1, 0.15) is 5.82 Å². The van der Waals surface area contributed by atoms with E-state index in [0.717, 1.165) is 73.9 Å². The van der Waals surface area contributed by atoms with Crippen LogP contribution >= 0.6 is 0 Å². The molecule has 1 amide bonds. The molecule has 2 aliphatic rings. The molecular formula is C23H31N7O. The molecule has 0 saturated carbocycles. The maximum atomic E-state index is 13.4. The average molecular weight is 422 g/mol. The second kappa shape index (κ2) is 7.98. The van der Waals surface area contributed by atoms with Gasteiger partial charge in [0, 0.05) is 49.7 Å². The summed E-state index contributed by atoms with van der Waals surface area (Å²) in [5, 5.41) is 9.37. The summed E-state index contributed by atoms with van der Waals surface area (Å²) < 4.78 is 3.75. The van der Waals surface area contributed by atoms with Crippen molar-refractivity contribution in [1.82, 2.24) is 29.3 Å². The first-order valence-corrected chi connectivity index (χ1v) is 11.5. The molecule has 1 unspecified atom stereocenters. The maximum Gasteiger partial charge on any atom is 0.274 e. The van der Waals surface area contributed by atoms with Gasteiger partial charge in [0.2, 0.25) is 0 Å². The molecule has 1 atom stereocenters. The van der Waals surface area contributed by atoms with Crippen LogP contribution in [0.15, 0.2) is 18.3 Å². The van der Waals surface area contributed by atoms with Gasteiger partial charge in [0.25, 0.3) is 5.91 Å². The van der Waals surface area contributed by atoms with Crippen LogP contribution in [0.25, 0.3) is 5.65 Å². The fraction of sp³-hybridized carbons (Fsp3) is 0.565. The Balaban J connectivity index is 1.47. The first kappa shape index (κ1) is 20.0. The van der Waals surface area contributed by atoms with Crippen molar-refractivity contribution in [2.45, 2.75) is 65.5 Å². The summed E-state index contributed by atoms with van der Waals surface area (Å²) in [5.74, 6) is 1.06. The minimum Gasteiger partial charge on any atom is -0.356 e. The largest absolute Gasteiger partial charge is 0.356 e. The van der Waals surface area contributed by atoms with Crippen molar-refractivity contribution in [1.29, 1.82) is 0 Å². The number of piperidine rings is 1. The van der Waals surface area contributed by atoms with Gasteiger partial charge in [-0.15, -0.1) is 0 Å².